The van der Waals surface area contributed by atoms with E-state index >= 15 is 0 Å². The first-order chi connectivity index (χ1) is 13.9. The number of aromatic nitrogens is 2. The molecular weight excluding hydrogens is 406 g/mol. The number of hydrogen-bond donors (Lipinski definition) is 2. The highest BCUT2D eigenvalue weighted by Gasteiger charge is 2.23. The summed E-state index contributed by atoms with van der Waals surface area (Å²) in [5.74, 6) is -0.236. The lowest BCUT2D eigenvalue weighted by molar-refractivity contribution is 0.0821. The molecule has 0 atom stereocenters. The molecule has 0 saturated carbocycles. The van der Waals surface area contributed by atoms with E-state index in [2.05, 4.69) is 15.3 Å². The second-order valence-corrected chi connectivity index (χ2v) is 9.25. The minimum absolute atomic E-state index is 0.0944. The maximum absolute atomic E-state index is 12.6. The number of sulfonamides is 1. The summed E-state index contributed by atoms with van der Waals surface area (Å²) in [6.07, 6.45) is 0.966. The average molecular weight is 434 g/mol. The molecule has 1 aromatic carbocycles. The van der Waals surface area contributed by atoms with Gasteiger partial charge in [-0.1, -0.05) is 45.9 Å². The van der Waals surface area contributed by atoms with Gasteiger partial charge in [-0.2, -0.15) is 8.42 Å². The van der Waals surface area contributed by atoms with Crippen LogP contribution in [-0.4, -0.2) is 49.3 Å². The first kappa shape index (κ1) is 23.3. The Labute approximate surface area is 177 Å². The number of para-hydroxylation sites is 1. The molecule has 2 rings (SSSR count). The Morgan fingerprint density at radius 2 is 1.57 bits per heavy atom. The first-order valence-electron chi connectivity index (χ1n) is 9.44. The standard InChI is InChI=1S/C20H27N5O4S/c1-12(2)14-8-7-9-15(13(3)4)18(14)23-20(27)24-30(28,29)17-10-16(21-11-22-17)19(26)25(5)6/h7-13H,1-6H3,(H2,23,24,27). The third kappa shape index (κ3) is 5.32. The minimum Gasteiger partial charge on any atom is -0.343 e. The van der Waals surface area contributed by atoms with Crippen molar-refractivity contribution in [1.82, 2.24) is 19.6 Å². The Balaban J connectivity index is 2.31. The molecule has 3 amide bonds. The van der Waals surface area contributed by atoms with Crippen LogP contribution in [0.25, 0.3) is 0 Å². The van der Waals surface area contributed by atoms with E-state index in [1.165, 1.54) is 19.0 Å². The highest BCUT2D eigenvalue weighted by atomic mass is 32.2. The predicted molar refractivity (Wildman–Crippen MR) is 114 cm³/mol. The van der Waals surface area contributed by atoms with Crippen LogP contribution in [0.5, 0.6) is 0 Å². The van der Waals surface area contributed by atoms with Crippen LogP contribution in [-0.2, 0) is 10.0 Å². The van der Waals surface area contributed by atoms with Gasteiger partial charge in [0.25, 0.3) is 15.9 Å². The number of hydrogen-bond acceptors (Lipinski definition) is 6. The number of rotatable bonds is 6. The van der Waals surface area contributed by atoms with E-state index in [1.54, 1.807) is 0 Å². The minimum atomic E-state index is -4.31. The molecule has 0 aliphatic rings. The smallest absolute Gasteiger partial charge is 0.333 e. The van der Waals surface area contributed by atoms with Crippen molar-refractivity contribution in [2.75, 3.05) is 19.4 Å². The molecule has 10 heteroatoms. The number of amides is 3. The SMILES string of the molecule is CC(C)c1cccc(C(C)C)c1NC(=O)NS(=O)(=O)c1cc(C(=O)N(C)C)ncn1. The Kier molecular flexibility index (Phi) is 7.14. The third-order valence-electron chi connectivity index (χ3n) is 4.38. The topological polar surface area (TPSA) is 121 Å². The lowest BCUT2D eigenvalue weighted by Crippen LogP contribution is -2.35. The summed E-state index contributed by atoms with van der Waals surface area (Å²) >= 11 is 0. The molecule has 0 fully saturated rings. The van der Waals surface area contributed by atoms with Crippen LogP contribution in [0.2, 0.25) is 0 Å². The number of carbonyl (C=O) groups is 2. The number of anilines is 1. The van der Waals surface area contributed by atoms with Crippen molar-refractivity contribution in [1.29, 1.82) is 0 Å². The molecule has 1 aromatic heterocycles. The zero-order chi connectivity index (χ0) is 22.6. The molecule has 0 saturated heterocycles. The third-order valence-corrected chi connectivity index (χ3v) is 5.61. The normalized spacial score (nSPS) is 11.5. The molecular formula is C20H27N5O4S. The zero-order valence-electron chi connectivity index (χ0n) is 17.9. The van der Waals surface area contributed by atoms with Gasteiger partial charge in [-0.15, -0.1) is 0 Å². The molecule has 0 radical (unpaired) electrons. The van der Waals surface area contributed by atoms with Crippen LogP contribution in [0.1, 0.15) is 61.1 Å². The summed E-state index contributed by atoms with van der Waals surface area (Å²) < 4.78 is 27.2. The van der Waals surface area contributed by atoms with Crippen LogP contribution in [0, 0.1) is 0 Å². The van der Waals surface area contributed by atoms with Gasteiger partial charge in [0.15, 0.2) is 5.03 Å². The van der Waals surface area contributed by atoms with Gasteiger partial charge >= 0.3 is 6.03 Å². The quantitative estimate of drug-likeness (QED) is 0.676. The van der Waals surface area contributed by atoms with Crippen molar-refractivity contribution < 1.29 is 18.0 Å². The van der Waals surface area contributed by atoms with Gasteiger partial charge in [-0.25, -0.2) is 19.5 Å². The molecule has 0 aliphatic heterocycles. The lowest BCUT2D eigenvalue weighted by Gasteiger charge is -2.20. The number of benzene rings is 1. The second-order valence-electron chi connectivity index (χ2n) is 7.62. The van der Waals surface area contributed by atoms with Crippen LogP contribution < -0.4 is 10.0 Å². The van der Waals surface area contributed by atoms with Gasteiger partial charge in [0.1, 0.15) is 12.0 Å². The van der Waals surface area contributed by atoms with Crippen LogP contribution >= 0.6 is 0 Å². The van der Waals surface area contributed by atoms with E-state index in [-0.39, 0.29) is 17.5 Å². The Bertz CT molecular complexity index is 1020. The average Bonchev–Trinajstić information content (AvgIpc) is 2.66. The number of nitrogens with one attached hydrogen (secondary N) is 2. The second kappa shape index (κ2) is 9.21. The van der Waals surface area contributed by atoms with E-state index < -0.39 is 27.0 Å². The fourth-order valence-corrected chi connectivity index (χ4v) is 3.69. The maximum Gasteiger partial charge on any atom is 0.333 e. The molecule has 162 valence electrons. The van der Waals surface area contributed by atoms with E-state index in [1.807, 2.05) is 50.6 Å². The zero-order valence-corrected chi connectivity index (χ0v) is 18.7. The van der Waals surface area contributed by atoms with E-state index in [0.29, 0.717) is 5.69 Å². The van der Waals surface area contributed by atoms with Crippen LogP contribution in [0.15, 0.2) is 35.6 Å². The fourth-order valence-electron chi connectivity index (χ4n) is 2.84. The van der Waals surface area contributed by atoms with E-state index in [9.17, 15) is 18.0 Å². The van der Waals surface area contributed by atoms with Crippen LogP contribution in [0.4, 0.5) is 10.5 Å². The molecule has 9 nitrogen and oxygen atoms in total. The summed E-state index contributed by atoms with van der Waals surface area (Å²) in [6.45, 7) is 7.96. The monoisotopic (exact) mass is 433 g/mol. The molecule has 30 heavy (non-hydrogen) atoms. The molecule has 1 heterocycles. The summed E-state index contributed by atoms with van der Waals surface area (Å²) in [5.41, 5.74) is 2.29. The summed E-state index contributed by atoms with van der Waals surface area (Å²) in [6, 6.07) is 5.81. The largest absolute Gasteiger partial charge is 0.343 e. The fraction of sp³-hybridized carbons (Fsp3) is 0.400. The molecule has 0 bridgehead atoms. The highest BCUT2D eigenvalue weighted by Crippen LogP contribution is 2.32. The van der Waals surface area contributed by atoms with E-state index in [4.69, 9.17) is 0 Å². The number of nitrogens with zero attached hydrogens (tertiary/aromatic N) is 3. The van der Waals surface area contributed by atoms with Crippen LogP contribution in [0.3, 0.4) is 0 Å². The van der Waals surface area contributed by atoms with E-state index in [0.717, 1.165) is 23.5 Å². The summed E-state index contributed by atoms with van der Waals surface area (Å²) in [4.78, 5) is 33.3. The molecule has 2 N–H and O–H groups in total. The number of urea groups is 1. The molecule has 2 aromatic rings. The summed E-state index contributed by atoms with van der Waals surface area (Å²) in [7, 11) is -1.28. The van der Waals surface area contributed by atoms with Gasteiger partial charge in [-0.05, 0) is 23.0 Å². The van der Waals surface area contributed by atoms with Gasteiger partial charge in [0, 0.05) is 25.8 Å². The van der Waals surface area contributed by atoms with Crippen molar-refractivity contribution >= 4 is 27.6 Å². The van der Waals surface area contributed by atoms with Crippen molar-refractivity contribution in [3.05, 3.63) is 47.4 Å². The van der Waals surface area contributed by atoms with Gasteiger partial charge in [0.2, 0.25) is 0 Å². The first-order valence-corrected chi connectivity index (χ1v) is 10.9. The number of carbonyl (C=O) groups excluding carboxylic acids is 2. The molecule has 0 unspecified atom stereocenters. The molecule has 0 spiro atoms. The Morgan fingerprint density at radius 3 is 2.07 bits per heavy atom. The van der Waals surface area contributed by atoms with Crippen molar-refractivity contribution in [3.8, 4) is 0 Å². The summed E-state index contributed by atoms with van der Waals surface area (Å²) in [5, 5.41) is 2.20. The molecule has 0 aliphatic carbocycles. The predicted octanol–water partition coefficient (Wildman–Crippen LogP) is 2.94. The van der Waals surface area contributed by atoms with Crippen molar-refractivity contribution in [2.24, 2.45) is 0 Å². The Morgan fingerprint density at radius 1 is 1.00 bits per heavy atom. The lowest BCUT2D eigenvalue weighted by atomic mass is 9.93. The van der Waals surface area contributed by atoms with Gasteiger partial charge < -0.3 is 10.2 Å². The van der Waals surface area contributed by atoms with Crippen molar-refractivity contribution in [3.63, 3.8) is 0 Å². The van der Waals surface area contributed by atoms with Gasteiger partial charge in [-0.3, -0.25) is 4.79 Å². The van der Waals surface area contributed by atoms with Gasteiger partial charge in [0.05, 0.1) is 0 Å². The Hall–Kier alpha value is -3.01. The highest BCUT2D eigenvalue weighted by molar-refractivity contribution is 7.90. The maximum atomic E-state index is 12.6. The van der Waals surface area contributed by atoms with Crippen molar-refractivity contribution in [2.45, 2.75) is 44.6 Å².